The number of sulfonamides is 1. The molecule has 0 aliphatic heterocycles. The lowest BCUT2D eigenvalue weighted by atomic mass is 10.1. The quantitative estimate of drug-likeness (QED) is 0.584. The normalized spacial score (nSPS) is 11.0. The van der Waals surface area contributed by atoms with E-state index in [0.717, 1.165) is 11.3 Å². The lowest BCUT2D eigenvalue weighted by Gasteiger charge is -2.08. The van der Waals surface area contributed by atoms with E-state index in [2.05, 4.69) is 15.0 Å². The van der Waals surface area contributed by atoms with Gasteiger partial charge in [-0.05, 0) is 48.4 Å². The van der Waals surface area contributed by atoms with Crippen LogP contribution in [0, 0.1) is 0 Å². The minimum absolute atomic E-state index is 0.0962. The van der Waals surface area contributed by atoms with Gasteiger partial charge in [0.25, 0.3) is 10.0 Å². The number of carbonyl (C=O) groups excluding carboxylic acids is 1. The van der Waals surface area contributed by atoms with Gasteiger partial charge in [-0.25, -0.2) is 13.4 Å². The van der Waals surface area contributed by atoms with Gasteiger partial charge in [0.15, 0.2) is 5.13 Å². The fourth-order valence-electron chi connectivity index (χ4n) is 2.44. The first-order valence-electron chi connectivity index (χ1n) is 8.41. The number of aromatic nitrogens is 1. The van der Waals surface area contributed by atoms with Crippen molar-refractivity contribution in [1.82, 2.24) is 4.98 Å². The molecular weight excluding hydrogens is 398 g/mol. The van der Waals surface area contributed by atoms with Gasteiger partial charge in [-0.2, -0.15) is 0 Å². The average Bonchev–Trinajstić information content (AvgIpc) is 3.19. The average molecular weight is 418 g/mol. The summed E-state index contributed by atoms with van der Waals surface area (Å²) in [6.45, 7) is 0. The number of hydrogen-bond acceptors (Lipinski definition) is 6. The molecule has 1 amide bonds. The lowest BCUT2D eigenvalue weighted by Crippen LogP contribution is -2.14. The Kier molecular flexibility index (Phi) is 6.27. The molecule has 9 heteroatoms. The molecule has 1 heterocycles. The van der Waals surface area contributed by atoms with Crippen molar-refractivity contribution in [3.05, 3.63) is 65.7 Å². The van der Waals surface area contributed by atoms with Gasteiger partial charge in [0.2, 0.25) is 5.91 Å². The van der Waals surface area contributed by atoms with Crippen LogP contribution in [-0.4, -0.2) is 26.4 Å². The third-order valence-corrected chi connectivity index (χ3v) is 6.07. The van der Waals surface area contributed by atoms with E-state index in [1.54, 1.807) is 24.6 Å². The van der Waals surface area contributed by atoms with Gasteiger partial charge < -0.3 is 10.1 Å². The van der Waals surface area contributed by atoms with E-state index in [0.29, 0.717) is 23.7 Å². The molecule has 0 saturated carbocycles. The third kappa shape index (κ3) is 5.30. The summed E-state index contributed by atoms with van der Waals surface area (Å²) in [4.78, 5) is 16.1. The summed E-state index contributed by atoms with van der Waals surface area (Å²) in [6, 6.07) is 13.5. The van der Waals surface area contributed by atoms with Gasteiger partial charge >= 0.3 is 0 Å². The summed E-state index contributed by atoms with van der Waals surface area (Å²) >= 11 is 1.20. The number of benzene rings is 2. The second kappa shape index (κ2) is 8.85. The fraction of sp³-hybridized carbons (Fsp3) is 0.158. The molecule has 0 unspecified atom stereocenters. The fourth-order valence-corrected chi connectivity index (χ4v) is 4.23. The molecule has 2 aromatic carbocycles. The molecule has 0 spiro atoms. The molecule has 2 N–H and O–H groups in total. The molecule has 0 fully saturated rings. The number of rotatable bonds is 8. The number of aryl methyl sites for hydroxylation is 1. The predicted molar refractivity (Wildman–Crippen MR) is 109 cm³/mol. The van der Waals surface area contributed by atoms with Crippen LogP contribution in [0.15, 0.2) is 65.0 Å². The summed E-state index contributed by atoms with van der Waals surface area (Å²) in [5, 5.41) is 4.75. The number of methoxy groups -OCH3 is 1. The molecule has 146 valence electrons. The van der Waals surface area contributed by atoms with Crippen LogP contribution in [0.4, 0.5) is 10.8 Å². The van der Waals surface area contributed by atoms with Gasteiger partial charge in [0, 0.05) is 23.7 Å². The SMILES string of the molecule is COc1ccc(CCC(=O)Nc2ccc(S(=O)(=O)Nc3nccs3)cc2)cc1. The molecule has 3 rings (SSSR count). The number of hydrogen-bond donors (Lipinski definition) is 2. The Morgan fingerprint density at radius 3 is 2.43 bits per heavy atom. The number of anilines is 2. The number of nitrogens with zero attached hydrogens (tertiary/aromatic N) is 1. The molecule has 28 heavy (non-hydrogen) atoms. The van der Waals surface area contributed by atoms with E-state index in [1.165, 1.54) is 29.7 Å². The highest BCUT2D eigenvalue weighted by atomic mass is 32.2. The van der Waals surface area contributed by atoms with Crippen LogP contribution in [0.3, 0.4) is 0 Å². The monoisotopic (exact) mass is 417 g/mol. The van der Waals surface area contributed by atoms with Crippen molar-refractivity contribution in [1.29, 1.82) is 0 Å². The first-order valence-corrected chi connectivity index (χ1v) is 10.8. The molecule has 0 atom stereocenters. The Morgan fingerprint density at radius 1 is 1.11 bits per heavy atom. The zero-order valence-electron chi connectivity index (χ0n) is 15.1. The van der Waals surface area contributed by atoms with E-state index < -0.39 is 10.0 Å². The predicted octanol–water partition coefficient (Wildman–Crippen LogP) is 3.52. The minimum Gasteiger partial charge on any atom is -0.497 e. The maximum absolute atomic E-state index is 12.3. The molecule has 0 aliphatic carbocycles. The zero-order chi connectivity index (χ0) is 20.0. The van der Waals surface area contributed by atoms with E-state index in [1.807, 2.05) is 24.3 Å². The van der Waals surface area contributed by atoms with E-state index in [9.17, 15) is 13.2 Å². The van der Waals surface area contributed by atoms with Gasteiger partial charge in [-0.1, -0.05) is 12.1 Å². The Balaban J connectivity index is 1.55. The highest BCUT2D eigenvalue weighted by Gasteiger charge is 2.15. The number of nitrogens with one attached hydrogen (secondary N) is 2. The van der Waals surface area contributed by atoms with Crippen LogP contribution in [-0.2, 0) is 21.2 Å². The summed E-state index contributed by atoms with van der Waals surface area (Å²) in [5.74, 6) is 0.625. The number of amides is 1. The van der Waals surface area contributed by atoms with Gasteiger partial charge in [-0.15, -0.1) is 11.3 Å². The number of thiazole rings is 1. The summed E-state index contributed by atoms with van der Waals surface area (Å²) in [6.07, 6.45) is 2.44. The zero-order valence-corrected chi connectivity index (χ0v) is 16.7. The molecule has 0 saturated heterocycles. The molecule has 7 nitrogen and oxygen atoms in total. The molecule has 0 radical (unpaired) electrons. The van der Waals surface area contributed by atoms with Crippen molar-refractivity contribution < 1.29 is 17.9 Å². The smallest absolute Gasteiger partial charge is 0.263 e. The Morgan fingerprint density at radius 2 is 1.82 bits per heavy atom. The van der Waals surface area contributed by atoms with Crippen LogP contribution in [0.5, 0.6) is 5.75 Å². The van der Waals surface area contributed by atoms with E-state index in [-0.39, 0.29) is 10.8 Å². The standard InChI is InChI=1S/C19H19N3O4S2/c1-26-16-7-2-14(3-8-16)4-11-18(23)21-15-5-9-17(10-6-15)28(24,25)22-19-20-12-13-27-19/h2-3,5-10,12-13H,4,11H2,1H3,(H,20,22)(H,21,23). The first-order chi connectivity index (χ1) is 13.5. The maximum atomic E-state index is 12.3. The van der Waals surface area contributed by atoms with Crippen molar-refractivity contribution in [2.24, 2.45) is 0 Å². The highest BCUT2D eigenvalue weighted by molar-refractivity contribution is 7.93. The largest absolute Gasteiger partial charge is 0.497 e. The number of carbonyl (C=O) groups is 1. The minimum atomic E-state index is -3.71. The first kappa shape index (κ1) is 19.8. The van der Waals surface area contributed by atoms with E-state index in [4.69, 9.17) is 4.74 Å². The van der Waals surface area contributed by atoms with Crippen LogP contribution < -0.4 is 14.8 Å². The van der Waals surface area contributed by atoms with Crippen molar-refractivity contribution in [2.75, 3.05) is 17.1 Å². The van der Waals surface area contributed by atoms with Crippen LogP contribution in [0.25, 0.3) is 0 Å². The molecule has 1 aromatic heterocycles. The van der Waals surface area contributed by atoms with Crippen LogP contribution in [0.1, 0.15) is 12.0 Å². The highest BCUT2D eigenvalue weighted by Crippen LogP contribution is 2.20. The molecule has 0 bridgehead atoms. The second-order valence-corrected chi connectivity index (χ2v) is 8.44. The Hall–Kier alpha value is -2.91. The van der Waals surface area contributed by atoms with Gasteiger partial charge in [0.1, 0.15) is 5.75 Å². The third-order valence-electron chi connectivity index (χ3n) is 3.90. The van der Waals surface area contributed by atoms with Crippen LogP contribution >= 0.6 is 11.3 Å². The summed E-state index contributed by atoms with van der Waals surface area (Å²) < 4.78 is 32.1. The maximum Gasteiger partial charge on any atom is 0.263 e. The second-order valence-electron chi connectivity index (χ2n) is 5.86. The Labute approximate surface area is 167 Å². The summed E-state index contributed by atoms with van der Waals surface area (Å²) in [7, 11) is -2.10. The van der Waals surface area contributed by atoms with Crippen molar-refractivity contribution in [3.63, 3.8) is 0 Å². The van der Waals surface area contributed by atoms with Crippen LogP contribution in [0.2, 0.25) is 0 Å². The van der Waals surface area contributed by atoms with Crippen molar-refractivity contribution in [2.45, 2.75) is 17.7 Å². The van der Waals surface area contributed by atoms with Crippen molar-refractivity contribution >= 4 is 38.1 Å². The van der Waals surface area contributed by atoms with Gasteiger partial charge in [0.05, 0.1) is 12.0 Å². The number of ether oxygens (including phenoxy) is 1. The van der Waals surface area contributed by atoms with E-state index >= 15 is 0 Å². The molecule has 0 aliphatic rings. The van der Waals surface area contributed by atoms with Gasteiger partial charge in [-0.3, -0.25) is 9.52 Å². The summed E-state index contributed by atoms with van der Waals surface area (Å²) in [5.41, 5.74) is 1.57. The molecule has 3 aromatic rings. The molecular formula is C19H19N3O4S2. The lowest BCUT2D eigenvalue weighted by molar-refractivity contribution is -0.116. The van der Waals surface area contributed by atoms with Crippen molar-refractivity contribution in [3.8, 4) is 5.75 Å². The Bertz CT molecular complexity index is 1020. The topological polar surface area (TPSA) is 97.4 Å².